The molecule has 0 saturated heterocycles. The van der Waals surface area contributed by atoms with Gasteiger partial charge in [-0.15, -0.1) is 0 Å². The molecule has 0 spiro atoms. The van der Waals surface area contributed by atoms with Gasteiger partial charge in [-0.3, -0.25) is 4.79 Å². The van der Waals surface area contributed by atoms with Gasteiger partial charge in [-0.2, -0.15) is 11.8 Å². The lowest BCUT2D eigenvalue weighted by Crippen LogP contribution is -2.29. The molecule has 0 radical (unpaired) electrons. The minimum Gasteiger partial charge on any atom is -0.507 e. The Balaban J connectivity index is 2.87. The maximum Gasteiger partial charge on any atom is 0.261 e. The zero-order valence-electron chi connectivity index (χ0n) is 9.30. The number of nitrogens with zero attached hydrogens (tertiary/aromatic N) is 1. The van der Waals surface area contributed by atoms with E-state index in [1.54, 1.807) is 18.8 Å². The van der Waals surface area contributed by atoms with Gasteiger partial charge in [-0.1, -0.05) is 6.07 Å². The van der Waals surface area contributed by atoms with Crippen molar-refractivity contribution in [2.24, 2.45) is 0 Å². The van der Waals surface area contributed by atoms with Crippen LogP contribution < -0.4 is 0 Å². The van der Waals surface area contributed by atoms with Crippen LogP contribution in [0, 0.1) is 0 Å². The molecule has 0 aliphatic carbocycles. The molecule has 1 rings (SSSR count). The highest BCUT2D eigenvalue weighted by molar-refractivity contribution is 7.98. The Labute approximate surface area is 98.9 Å². The molecule has 0 saturated carbocycles. The van der Waals surface area contributed by atoms with E-state index in [9.17, 15) is 15.0 Å². The normalized spacial score (nSPS) is 10.1. The van der Waals surface area contributed by atoms with Crippen molar-refractivity contribution in [1.29, 1.82) is 0 Å². The van der Waals surface area contributed by atoms with Crippen molar-refractivity contribution < 1.29 is 15.0 Å². The van der Waals surface area contributed by atoms with Gasteiger partial charge in [0.25, 0.3) is 5.91 Å². The van der Waals surface area contributed by atoms with Crippen molar-refractivity contribution >= 4 is 17.7 Å². The van der Waals surface area contributed by atoms with Crippen molar-refractivity contribution in [1.82, 2.24) is 4.90 Å². The van der Waals surface area contributed by atoms with E-state index in [-0.39, 0.29) is 23.0 Å². The third kappa shape index (κ3) is 2.82. The Hall–Kier alpha value is -1.36. The fraction of sp³-hybridized carbons (Fsp3) is 0.364. The average Bonchev–Trinajstić information content (AvgIpc) is 2.25. The predicted octanol–water partition coefficient (Wildman–Crippen LogP) is 1.53. The molecule has 88 valence electrons. The lowest BCUT2D eigenvalue weighted by molar-refractivity contribution is 0.0797. The summed E-state index contributed by atoms with van der Waals surface area (Å²) < 4.78 is 0. The smallest absolute Gasteiger partial charge is 0.261 e. The van der Waals surface area contributed by atoms with E-state index in [2.05, 4.69) is 0 Å². The number of amides is 1. The van der Waals surface area contributed by atoms with Crippen LogP contribution in [0.4, 0.5) is 0 Å². The molecule has 0 atom stereocenters. The highest BCUT2D eigenvalue weighted by atomic mass is 32.2. The number of thioether (sulfide) groups is 1. The molecular weight excluding hydrogens is 226 g/mol. The van der Waals surface area contributed by atoms with Crippen LogP contribution in [0.25, 0.3) is 0 Å². The number of rotatable bonds is 4. The fourth-order valence-corrected chi connectivity index (χ4v) is 1.72. The van der Waals surface area contributed by atoms with Crippen molar-refractivity contribution in [3.05, 3.63) is 23.8 Å². The zero-order valence-corrected chi connectivity index (χ0v) is 10.1. The van der Waals surface area contributed by atoms with Gasteiger partial charge in [0.2, 0.25) is 0 Å². The molecule has 0 aliphatic heterocycles. The molecule has 0 heterocycles. The number of hydrogen-bond donors (Lipinski definition) is 2. The third-order valence-corrected chi connectivity index (χ3v) is 2.80. The Morgan fingerprint density at radius 2 is 1.94 bits per heavy atom. The van der Waals surface area contributed by atoms with Crippen LogP contribution >= 0.6 is 11.8 Å². The lowest BCUT2D eigenvalue weighted by atomic mass is 10.1. The van der Waals surface area contributed by atoms with Gasteiger partial charge in [0.15, 0.2) is 0 Å². The first-order valence-corrected chi connectivity index (χ1v) is 6.22. The molecule has 16 heavy (non-hydrogen) atoms. The SMILES string of the molecule is CSCCN(C)C(=O)c1c(O)cccc1O. The summed E-state index contributed by atoms with van der Waals surface area (Å²) in [5.41, 5.74) is -0.0360. The van der Waals surface area contributed by atoms with Crippen LogP contribution in [-0.2, 0) is 0 Å². The molecule has 1 aromatic carbocycles. The molecule has 2 N–H and O–H groups in total. The van der Waals surface area contributed by atoms with E-state index >= 15 is 0 Å². The standard InChI is InChI=1S/C11H15NO3S/c1-12(6-7-16-2)11(15)10-8(13)4-3-5-9(10)14/h3-5,13-14H,6-7H2,1-2H3. The zero-order chi connectivity index (χ0) is 12.1. The molecule has 1 amide bonds. The summed E-state index contributed by atoms with van der Waals surface area (Å²) in [7, 11) is 1.64. The third-order valence-electron chi connectivity index (χ3n) is 2.21. The second-order valence-electron chi connectivity index (χ2n) is 3.39. The fourth-order valence-electron chi connectivity index (χ4n) is 1.27. The second-order valence-corrected chi connectivity index (χ2v) is 4.38. The quantitative estimate of drug-likeness (QED) is 0.839. The highest BCUT2D eigenvalue weighted by Gasteiger charge is 2.19. The van der Waals surface area contributed by atoms with Gasteiger partial charge < -0.3 is 15.1 Å². The van der Waals surface area contributed by atoms with Gasteiger partial charge in [-0.25, -0.2) is 0 Å². The summed E-state index contributed by atoms with van der Waals surface area (Å²) in [5, 5.41) is 19.0. The number of hydrogen-bond acceptors (Lipinski definition) is 4. The largest absolute Gasteiger partial charge is 0.507 e. The Morgan fingerprint density at radius 1 is 1.38 bits per heavy atom. The van der Waals surface area contributed by atoms with Gasteiger partial charge in [0.05, 0.1) is 0 Å². The van der Waals surface area contributed by atoms with Crippen molar-refractivity contribution in [3.63, 3.8) is 0 Å². The summed E-state index contributed by atoms with van der Waals surface area (Å²) in [6.45, 7) is 0.577. The van der Waals surface area contributed by atoms with Gasteiger partial charge in [0, 0.05) is 19.3 Å². The second kappa shape index (κ2) is 5.65. The summed E-state index contributed by atoms with van der Waals surface area (Å²) in [6.07, 6.45) is 1.95. The first-order valence-electron chi connectivity index (χ1n) is 4.83. The number of phenolic OH excluding ortho intramolecular Hbond substituents is 2. The number of benzene rings is 1. The summed E-state index contributed by atoms with van der Waals surface area (Å²) >= 11 is 1.63. The molecule has 0 aromatic heterocycles. The van der Waals surface area contributed by atoms with Crippen LogP contribution in [0.15, 0.2) is 18.2 Å². The van der Waals surface area contributed by atoms with E-state index in [0.717, 1.165) is 5.75 Å². The molecular formula is C11H15NO3S. The van der Waals surface area contributed by atoms with E-state index in [4.69, 9.17) is 0 Å². The van der Waals surface area contributed by atoms with Gasteiger partial charge in [-0.05, 0) is 18.4 Å². The van der Waals surface area contributed by atoms with Crippen molar-refractivity contribution in [2.75, 3.05) is 25.6 Å². The van der Waals surface area contributed by atoms with Crippen molar-refractivity contribution in [2.45, 2.75) is 0 Å². The Bertz CT molecular complexity index is 361. The van der Waals surface area contributed by atoms with Gasteiger partial charge >= 0.3 is 0 Å². The molecule has 0 unspecified atom stereocenters. The average molecular weight is 241 g/mol. The molecule has 5 heteroatoms. The van der Waals surface area contributed by atoms with Crippen LogP contribution in [0.1, 0.15) is 10.4 Å². The summed E-state index contributed by atoms with van der Waals surface area (Å²) in [5.74, 6) is 0.0583. The number of aromatic hydroxyl groups is 2. The van der Waals surface area contributed by atoms with E-state index in [0.29, 0.717) is 6.54 Å². The molecule has 1 aromatic rings. The highest BCUT2D eigenvalue weighted by Crippen LogP contribution is 2.27. The maximum atomic E-state index is 11.9. The number of phenols is 2. The first kappa shape index (κ1) is 12.7. The monoisotopic (exact) mass is 241 g/mol. The molecule has 4 nitrogen and oxygen atoms in total. The predicted molar refractivity (Wildman–Crippen MR) is 65.1 cm³/mol. The molecule has 0 bridgehead atoms. The number of carbonyl (C=O) groups excluding carboxylic acids is 1. The summed E-state index contributed by atoms with van der Waals surface area (Å²) in [4.78, 5) is 13.4. The molecule has 0 fully saturated rings. The van der Waals surface area contributed by atoms with E-state index < -0.39 is 0 Å². The molecule has 0 aliphatic rings. The Morgan fingerprint density at radius 3 is 2.44 bits per heavy atom. The van der Waals surface area contributed by atoms with E-state index in [1.807, 2.05) is 6.26 Å². The maximum absolute atomic E-state index is 11.9. The van der Waals surface area contributed by atoms with Crippen molar-refractivity contribution in [3.8, 4) is 11.5 Å². The topological polar surface area (TPSA) is 60.8 Å². The van der Waals surface area contributed by atoms with E-state index in [1.165, 1.54) is 23.1 Å². The first-order chi connectivity index (χ1) is 7.57. The minimum atomic E-state index is -0.371. The summed E-state index contributed by atoms with van der Waals surface area (Å²) in [6, 6.07) is 4.26. The van der Waals surface area contributed by atoms with Crippen LogP contribution in [0.2, 0.25) is 0 Å². The minimum absolute atomic E-state index is 0.0360. The van der Waals surface area contributed by atoms with Crippen LogP contribution in [0.3, 0.4) is 0 Å². The number of carbonyl (C=O) groups is 1. The van der Waals surface area contributed by atoms with Gasteiger partial charge in [0.1, 0.15) is 17.1 Å². The van der Waals surface area contributed by atoms with Crippen LogP contribution in [0.5, 0.6) is 11.5 Å². The lowest BCUT2D eigenvalue weighted by Gasteiger charge is -2.17. The Kier molecular flexibility index (Phi) is 4.49. The van der Waals surface area contributed by atoms with Crippen LogP contribution in [-0.4, -0.2) is 46.6 Å².